The lowest BCUT2D eigenvalue weighted by Gasteiger charge is -2.54. The number of fused-ring (bicyclic) bond motifs is 5. The largest absolute Gasteiger partial charge is 0.431 e. The third-order valence-electron chi connectivity index (χ3n) is 9.96. The highest BCUT2D eigenvalue weighted by molar-refractivity contribution is 5.67. The Hall–Kier alpha value is -1.57. The first-order chi connectivity index (χ1) is 15.1. The van der Waals surface area contributed by atoms with Crippen molar-refractivity contribution in [3.05, 3.63) is 47.3 Å². The molecule has 0 saturated heterocycles. The minimum Gasteiger partial charge on any atom is -0.431 e. The fourth-order valence-electron chi connectivity index (χ4n) is 7.53. The fraction of sp³-hybridized carbons (Fsp3) is 0.700. The summed E-state index contributed by atoms with van der Waals surface area (Å²) in [5.74, 6) is 4.79. The Morgan fingerprint density at radius 2 is 1.78 bits per heavy atom. The van der Waals surface area contributed by atoms with Crippen molar-refractivity contribution in [2.24, 2.45) is 46.3 Å². The van der Waals surface area contributed by atoms with Crippen LogP contribution < -0.4 is 0 Å². The van der Waals surface area contributed by atoms with Gasteiger partial charge in [-0.1, -0.05) is 71.4 Å². The molecular weight excluding hydrogens is 392 g/mol. The van der Waals surface area contributed by atoms with E-state index in [0.717, 1.165) is 30.4 Å². The molecular formula is C30H44O2. The second-order valence-corrected chi connectivity index (χ2v) is 12.1. The molecule has 0 heterocycles. The number of allylic oxidation sites excluding steroid dienone is 8. The molecule has 2 nitrogen and oxygen atoms in total. The van der Waals surface area contributed by atoms with E-state index in [0.29, 0.717) is 29.1 Å². The summed E-state index contributed by atoms with van der Waals surface area (Å²) in [6.07, 6.45) is 19.3. The molecule has 0 N–H and O–H groups in total. The normalized spacial score (nSPS) is 38.2. The molecule has 0 unspecified atom stereocenters. The molecule has 32 heavy (non-hydrogen) atoms. The van der Waals surface area contributed by atoms with Crippen molar-refractivity contribution in [1.29, 1.82) is 0 Å². The minimum atomic E-state index is -0.205. The summed E-state index contributed by atoms with van der Waals surface area (Å²) >= 11 is 0. The third kappa shape index (κ3) is 3.97. The Kier molecular flexibility index (Phi) is 6.38. The summed E-state index contributed by atoms with van der Waals surface area (Å²) in [5.41, 5.74) is 3.70. The van der Waals surface area contributed by atoms with Crippen molar-refractivity contribution >= 4 is 5.97 Å². The van der Waals surface area contributed by atoms with Crippen molar-refractivity contribution in [3.8, 4) is 0 Å². The van der Waals surface area contributed by atoms with Gasteiger partial charge in [-0.3, -0.25) is 4.79 Å². The predicted octanol–water partition coefficient (Wildman–Crippen LogP) is 8.03. The van der Waals surface area contributed by atoms with Gasteiger partial charge in [-0.2, -0.15) is 0 Å². The Labute approximate surface area is 196 Å². The quantitative estimate of drug-likeness (QED) is 0.322. The molecule has 0 spiro atoms. The van der Waals surface area contributed by atoms with E-state index < -0.39 is 0 Å². The van der Waals surface area contributed by atoms with E-state index in [1.807, 2.05) is 0 Å². The standard InChI is InChI=1S/C30H44O2/c1-19(2)20(3)8-9-21(4)26-12-13-27-25-11-10-23-18-24(32-22(5)31)14-16-29(23,6)28(25)15-17-30(26,27)7/h8-11,18-21,26-28H,12-17H2,1-7H3/t20-,21+,26+,27-,28-,29-,30+/m0/s1. The van der Waals surface area contributed by atoms with Crippen LogP contribution in [0.25, 0.3) is 0 Å². The van der Waals surface area contributed by atoms with Crippen LogP contribution in [0.15, 0.2) is 47.3 Å². The number of carbonyl (C=O) groups is 1. The smallest absolute Gasteiger partial charge is 0.307 e. The lowest BCUT2D eigenvalue weighted by molar-refractivity contribution is -0.137. The Morgan fingerprint density at radius 3 is 2.47 bits per heavy atom. The van der Waals surface area contributed by atoms with E-state index >= 15 is 0 Å². The number of carbonyl (C=O) groups excluding carboxylic acids is 1. The van der Waals surface area contributed by atoms with Crippen LogP contribution in [0.4, 0.5) is 0 Å². The maximum atomic E-state index is 11.4. The van der Waals surface area contributed by atoms with Gasteiger partial charge in [-0.05, 0) is 90.1 Å². The lowest BCUT2D eigenvalue weighted by Crippen LogP contribution is -2.45. The highest BCUT2D eigenvalue weighted by Gasteiger charge is 2.56. The zero-order chi connectivity index (χ0) is 23.3. The highest BCUT2D eigenvalue weighted by Crippen LogP contribution is 2.65. The average Bonchev–Trinajstić information content (AvgIpc) is 3.08. The van der Waals surface area contributed by atoms with Crippen LogP contribution in [-0.4, -0.2) is 5.97 Å². The summed E-state index contributed by atoms with van der Waals surface area (Å²) < 4.78 is 5.46. The average molecular weight is 437 g/mol. The zero-order valence-corrected chi connectivity index (χ0v) is 21.4. The molecule has 7 atom stereocenters. The molecule has 4 rings (SSSR count). The van der Waals surface area contributed by atoms with Gasteiger partial charge in [0, 0.05) is 13.3 Å². The second kappa shape index (κ2) is 8.65. The molecule has 0 radical (unpaired) electrons. The number of esters is 1. The Bertz CT molecular complexity index is 871. The molecule has 0 amide bonds. The van der Waals surface area contributed by atoms with Gasteiger partial charge >= 0.3 is 5.97 Å². The van der Waals surface area contributed by atoms with Crippen LogP contribution in [0.3, 0.4) is 0 Å². The van der Waals surface area contributed by atoms with Crippen molar-refractivity contribution in [2.75, 3.05) is 0 Å². The molecule has 0 aliphatic heterocycles. The number of hydrogen-bond acceptors (Lipinski definition) is 2. The Morgan fingerprint density at radius 1 is 1.03 bits per heavy atom. The Balaban J connectivity index is 1.58. The van der Waals surface area contributed by atoms with Gasteiger partial charge in [0.25, 0.3) is 0 Å². The molecule has 2 heteroatoms. The van der Waals surface area contributed by atoms with Gasteiger partial charge in [-0.25, -0.2) is 0 Å². The number of ether oxygens (including phenoxy) is 1. The molecule has 0 aromatic carbocycles. The van der Waals surface area contributed by atoms with Gasteiger partial charge in [0.05, 0.1) is 0 Å². The van der Waals surface area contributed by atoms with Crippen molar-refractivity contribution in [3.63, 3.8) is 0 Å². The number of rotatable bonds is 5. The van der Waals surface area contributed by atoms with Crippen LogP contribution in [0.2, 0.25) is 0 Å². The molecule has 0 aromatic heterocycles. The molecule has 176 valence electrons. The first kappa shape index (κ1) is 23.6. The van der Waals surface area contributed by atoms with E-state index in [-0.39, 0.29) is 11.4 Å². The minimum absolute atomic E-state index is 0.186. The lowest BCUT2D eigenvalue weighted by atomic mass is 9.50. The van der Waals surface area contributed by atoms with E-state index in [1.165, 1.54) is 38.2 Å². The fourth-order valence-corrected chi connectivity index (χ4v) is 7.53. The zero-order valence-electron chi connectivity index (χ0n) is 21.4. The summed E-state index contributed by atoms with van der Waals surface area (Å²) in [4.78, 5) is 11.4. The van der Waals surface area contributed by atoms with Gasteiger partial charge in [-0.15, -0.1) is 0 Å². The topological polar surface area (TPSA) is 26.3 Å². The highest BCUT2D eigenvalue weighted by atomic mass is 16.5. The van der Waals surface area contributed by atoms with Crippen LogP contribution >= 0.6 is 0 Å². The molecule has 4 aliphatic carbocycles. The molecule has 2 fully saturated rings. The summed E-state index contributed by atoms with van der Waals surface area (Å²) in [7, 11) is 0. The monoisotopic (exact) mass is 436 g/mol. The van der Waals surface area contributed by atoms with Crippen LogP contribution in [-0.2, 0) is 9.53 Å². The van der Waals surface area contributed by atoms with E-state index in [4.69, 9.17) is 4.74 Å². The number of hydrogen-bond donors (Lipinski definition) is 0. The summed E-state index contributed by atoms with van der Waals surface area (Å²) in [6.45, 7) is 16.0. The van der Waals surface area contributed by atoms with Crippen molar-refractivity contribution in [2.45, 2.75) is 87.0 Å². The second-order valence-electron chi connectivity index (χ2n) is 12.1. The van der Waals surface area contributed by atoms with E-state index in [2.05, 4.69) is 71.9 Å². The molecule has 0 bridgehead atoms. The molecule has 0 aromatic rings. The third-order valence-corrected chi connectivity index (χ3v) is 9.96. The van der Waals surface area contributed by atoms with Gasteiger partial charge in [0.2, 0.25) is 0 Å². The van der Waals surface area contributed by atoms with Gasteiger partial charge in [0.15, 0.2) is 0 Å². The summed E-state index contributed by atoms with van der Waals surface area (Å²) in [6, 6.07) is 0. The van der Waals surface area contributed by atoms with Crippen LogP contribution in [0.5, 0.6) is 0 Å². The van der Waals surface area contributed by atoms with Crippen LogP contribution in [0, 0.1) is 46.3 Å². The maximum absolute atomic E-state index is 11.4. The molecule has 4 aliphatic rings. The first-order valence-electron chi connectivity index (χ1n) is 13.1. The van der Waals surface area contributed by atoms with Crippen molar-refractivity contribution < 1.29 is 9.53 Å². The first-order valence-corrected chi connectivity index (χ1v) is 13.1. The van der Waals surface area contributed by atoms with Gasteiger partial charge < -0.3 is 4.74 Å². The predicted molar refractivity (Wildman–Crippen MR) is 133 cm³/mol. The van der Waals surface area contributed by atoms with E-state index in [9.17, 15) is 4.79 Å². The molecule has 2 saturated carbocycles. The SMILES string of the molecule is CC(=O)OC1=CC2=CC=C3[C@@H]4CC[C@H]([C@H](C)C=C[C@H](C)C(C)C)[C@@]4(C)CC[C@@H]3[C@@]2(C)CC1. The summed E-state index contributed by atoms with van der Waals surface area (Å²) in [5, 5.41) is 0. The maximum Gasteiger partial charge on any atom is 0.307 e. The van der Waals surface area contributed by atoms with Gasteiger partial charge in [0.1, 0.15) is 5.76 Å². The van der Waals surface area contributed by atoms with E-state index in [1.54, 1.807) is 5.57 Å². The van der Waals surface area contributed by atoms with Crippen LogP contribution in [0.1, 0.15) is 87.0 Å². The van der Waals surface area contributed by atoms with Crippen molar-refractivity contribution in [1.82, 2.24) is 0 Å².